The van der Waals surface area contributed by atoms with Crippen molar-refractivity contribution in [1.29, 1.82) is 0 Å². The molecule has 0 N–H and O–H groups in total. The summed E-state index contributed by atoms with van der Waals surface area (Å²) in [6.45, 7) is 5.46. The number of esters is 2. The quantitative estimate of drug-likeness (QED) is 0.224. The first-order chi connectivity index (χ1) is 17.8. The van der Waals surface area contributed by atoms with Crippen LogP contribution in [0, 0.1) is 3.57 Å². The van der Waals surface area contributed by atoms with Crippen LogP contribution in [0.1, 0.15) is 44.4 Å². The molecule has 0 radical (unpaired) electrons. The average Bonchev–Trinajstić information content (AvgIpc) is 3.19. The Hall–Kier alpha value is -3.25. The van der Waals surface area contributed by atoms with Gasteiger partial charge < -0.3 is 14.2 Å². The van der Waals surface area contributed by atoms with Gasteiger partial charge in [-0.2, -0.15) is 0 Å². The van der Waals surface area contributed by atoms with E-state index in [1.807, 2.05) is 50.2 Å². The van der Waals surface area contributed by atoms with Crippen molar-refractivity contribution >= 4 is 51.9 Å². The lowest BCUT2D eigenvalue weighted by Gasteiger charge is -2.25. The number of rotatable bonds is 7. The lowest BCUT2D eigenvalue weighted by molar-refractivity contribution is -0.136. The molecule has 1 atom stereocenters. The molecule has 0 fully saturated rings. The number of nitrogens with zero attached hydrogens (tertiary/aromatic N) is 2. The maximum atomic E-state index is 13.8. The summed E-state index contributed by atoms with van der Waals surface area (Å²) >= 11 is 3.32. The Morgan fingerprint density at radius 3 is 2.54 bits per heavy atom. The molecule has 2 aromatic carbocycles. The van der Waals surface area contributed by atoms with Gasteiger partial charge in [-0.3, -0.25) is 14.2 Å². The molecule has 0 spiro atoms. The number of hydrogen-bond acceptors (Lipinski definition) is 8. The summed E-state index contributed by atoms with van der Waals surface area (Å²) in [5, 5.41) is 0. The molecule has 0 bridgehead atoms. The molecule has 8 nitrogen and oxygen atoms in total. The standard InChI is InChI=1S/C27H25IN2O6S/c1-5-19-22(26(33)34-4)23(17-10-8-7-9-11-17)30-25(32)21(37-27(30)29-19)14-16-12-18(28)24(36-15(3)31)20(13-16)35-6-2/h7-14,23H,5-6H2,1-4H3/b21-14+/t23-/m1/s1. The second-order valence-corrected chi connectivity index (χ2v) is 10.2. The molecular weight excluding hydrogens is 607 g/mol. The number of aromatic nitrogens is 1. The van der Waals surface area contributed by atoms with Gasteiger partial charge in [-0.05, 0) is 65.3 Å². The molecule has 3 aromatic rings. The minimum absolute atomic E-state index is 0.272. The van der Waals surface area contributed by atoms with Gasteiger partial charge in [0, 0.05) is 6.92 Å². The molecule has 0 aliphatic carbocycles. The number of methoxy groups -OCH3 is 1. The summed E-state index contributed by atoms with van der Waals surface area (Å²) in [5.41, 5.74) is 2.16. The largest absolute Gasteiger partial charge is 0.490 e. The monoisotopic (exact) mass is 632 g/mol. The second-order valence-electron chi connectivity index (χ2n) is 8.06. The summed E-state index contributed by atoms with van der Waals surface area (Å²) < 4.78 is 18.8. The molecule has 0 unspecified atom stereocenters. The summed E-state index contributed by atoms with van der Waals surface area (Å²) in [7, 11) is 1.33. The molecule has 0 saturated carbocycles. The highest BCUT2D eigenvalue weighted by Crippen LogP contribution is 2.35. The Morgan fingerprint density at radius 1 is 1.19 bits per heavy atom. The number of halogens is 1. The molecule has 1 aliphatic rings. The first kappa shape index (κ1) is 26.8. The van der Waals surface area contributed by atoms with Gasteiger partial charge in [-0.1, -0.05) is 48.6 Å². The number of carbonyl (C=O) groups is 2. The van der Waals surface area contributed by atoms with Crippen LogP contribution in [0.5, 0.6) is 11.5 Å². The van der Waals surface area contributed by atoms with Gasteiger partial charge in [0.15, 0.2) is 16.3 Å². The molecule has 1 aliphatic heterocycles. The van der Waals surface area contributed by atoms with E-state index in [1.165, 1.54) is 25.4 Å². The lowest BCUT2D eigenvalue weighted by Crippen LogP contribution is -2.40. The molecule has 10 heteroatoms. The molecular formula is C27H25IN2O6S. The van der Waals surface area contributed by atoms with E-state index in [4.69, 9.17) is 14.2 Å². The number of thiazole rings is 1. The molecule has 2 heterocycles. The summed E-state index contributed by atoms with van der Waals surface area (Å²) in [4.78, 5) is 43.4. The first-order valence-corrected chi connectivity index (χ1v) is 13.5. The fourth-order valence-electron chi connectivity index (χ4n) is 4.14. The predicted molar refractivity (Wildman–Crippen MR) is 148 cm³/mol. The Balaban J connectivity index is 1.94. The maximum absolute atomic E-state index is 13.8. The highest BCUT2D eigenvalue weighted by molar-refractivity contribution is 14.1. The van der Waals surface area contributed by atoms with E-state index in [-0.39, 0.29) is 5.56 Å². The molecule has 0 saturated heterocycles. The van der Waals surface area contributed by atoms with Crippen molar-refractivity contribution in [2.45, 2.75) is 33.2 Å². The zero-order chi connectivity index (χ0) is 26.7. The Labute approximate surface area is 231 Å². The van der Waals surface area contributed by atoms with E-state index in [2.05, 4.69) is 27.6 Å². The van der Waals surface area contributed by atoms with Crippen LogP contribution in [0.4, 0.5) is 0 Å². The van der Waals surface area contributed by atoms with E-state index in [1.54, 1.807) is 16.7 Å². The lowest BCUT2D eigenvalue weighted by atomic mass is 9.95. The third-order valence-electron chi connectivity index (χ3n) is 5.64. The Bertz CT molecular complexity index is 1570. The predicted octanol–water partition coefficient (Wildman–Crippen LogP) is 3.73. The van der Waals surface area contributed by atoms with Crippen LogP contribution in [-0.4, -0.2) is 30.2 Å². The van der Waals surface area contributed by atoms with Crippen LogP contribution in [0.2, 0.25) is 0 Å². The van der Waals surface area contributed by atoms with Crippen molar-refractivity contribution in [3.63, 3.8) is 0 Å². The zero-order valence-corrected chi connectivity index (χ0v) is 23.7. The minimum Gasteiger partial charge on any atom is -0.490 e. The van der Waals surface area contributed by atoms with E-state index < -0.39 is 18.0 Å². The third-order valence-corrected chi connectivity index (χ3v) is 7.43. The SMILES string of the molecule is CCOc1cc(/C=c2/sc3n(c2=O)[C@H](c2ccccc2)C(C(=O)OC)=C(CC)N=3)cc(I)c1OC(C)=O. The maximum Gasteiger partial charge on any atom is 0.338 e. The van der Waals surface area contributed by atoms with Gasteiger partial charge >= 0.3 is 11.9 Å². The number of hydrogen-bond donors (Lipinski definition) is 0. The van der Waals surface area contributed by atoms with Crippen molar-refractivity contribution < 1.29 is 23.8 Å². The van der Waals surface area contributed by atoms with Crippen molar-refractivity contribution in [1.82, 2.24) is 4.57 Å². The summed E-state index contributed by atoms with van der Waals surface area (Å²) in [5.74, 6) is -0.213. The molecule has 192 valence electrons. The Kier molecular flexibility index (Phi) is 8.28. The fourth-order valence-corrected chi connectivity index (χ4v) is 5.90. The number of fused-ring (bicyclic) bond motifs is 1. The molecule has 4 rings (SSSR count). The third kappa shape index (κ3) is 5.40. The molecule has 0 amide bonds. The fraction of sp³-hybridized carbons (Fsp3) is 0.259. The van der Waals surface area contributed by atoms with Crippen molar-refractivity contribution in [2.75, 3.05) is 13.7 Å². The highest BCUT2D eigenvalue weighted by atomic mass is 127. The smallest absolute Gasteiger partial charge is 0.338 e. The number of benzene rings is 2. The van der Waals surface area contributed by atoms with Crippen molar-refractivity contribution in [3.8, 4) is 11.5 Å². The van der Waals surface area contributed by atoms with Gasteiger partial charge in [0.1, 0.15) is 0 Å². The topological polar surface area (TPSA) is 96.2 Å². The van der Waals surface area contributed by atoms with Crippen LogP contribution >= 0.6 is 33.9 Å². The van der Waals surface area contributed by atoms with Crippen molar-refractivity contribution in [2.24, 2.45) is 4.99 Å². The normalized spacial score (nSPS) is 15.2. The molecule has 1 aromatic heterocycles. The van der Waals surface area contributed by atoms with E-state index >= 15 is 0 Å². The first-order valence-electron chi connectivity index (χ1n) is 11.6. The van der Waals surface area contributed by atoms with Gasteiger partial charge in [0.25, 0.3) is 5.56 Å². The zero-order valence-electron chi connectivity index (χ0n) is 20.7. The van der Waals surface area contributed by atoms with Crippen LogP contribution < -0.4 is 24.4 Å². The van der Waals surface area contributed by atoms with Gasteiger partial charge in [0.05, 0.1) is 39.1 Å². The van der Waals surface area contributed by atoms with Crippen LogP contribution in [-0.2, 0) is 14.3 Å². The molecule has 37 heavy (non-hydrogen) atoms. The number of carbonyl (C=O) groups excluding carboxylic acids is 2. The van der Waals surface area contributed by atoms with Gasteiger partial charge in [-0.25, -0.2) is 9.79 Å². The second kappa shape index (κ2) is 11.4. The van der Waals surface area contributed by atoms with Gasteiger partial charge in [0.2, 0.25) is 0 Å². The number of ether oxygens (including phenoxy) is 3. The summed E-state index contributed by atoms with van der Waals surface area (Å²) in [6.07, 6.45) is 2.26. The van der Waals surface area contributed by atoms with Gasteiger partial charge in [-0.15, -0.1) is 0 Å². The van der Waals surface area contributed by atoms with Crippen LogP contribution in [0.25, 0.3) is 6.08 Å². The average molecular weight is 632 g/mol. The Morgan fingerprint density at radius 2 is 1.92 bits per heavy atom. The minimum atomic E-state index is -0.660. The summed E-state index contributed by atoms with van der Waals surface area (Å²) in [6, 6.07) is 12.3. The van der Waals surface area contributed by atoms with E-state index in [0.29, 0.717) is 54.3 Å². The van der Waals surface area contributed by atoms with E-state index in [0.717, 1.165) is 5.56 Å². The van der Waals surface area contributed by atoms with E-state index in [9.17, 15) is 14.4 Å². The highest BCUT2D eigenvalue weighted by Gasteiger charge is 2.33. The van der Waals surface area contributed by atoms with Crippen LogP contribution in [0.15, 0.2) is 63.5 Å². The number of allylic oxidation sites excluding steroid dienone is 1. The van der Waals surface area contributed by atoms with Crippen molar-refractivity contribution in [3.05, 3.63) is 88.1 Å². The van der Waals surface area contributed by atoms with Crippen LogP contribution in [0.3, 0.4) is 0 Å².